The zero-order chi connectivity index (χ0) is 15.2. The zero-order valence-electron chi connectivity index (χ0n) is 12.3. The molecular weight excluding hydrogens is 268 g/mol. The number of benzene rings is 1. The number of rotatable bonds is 4. The van der Waals surface area contributed by atoms with Crippen molar-refractivity contribution in [1.82, 2.24) is 0 Å². The van der Waals surface area contributed by atoms with E-state index in [2.05, 4.69) is 10.1 Å². The normalized spacial score (nSPS) is 21.6. The first-order valence-corrected chi connectivity index (χ1v) is 7.33. The van der Waals surface area contributed by atoms with Gasteiger partial charge in [0.25, 0.3) is 0 Å². The smallest absolute Gasteiger partial charge is 0.337 e. The standard InChI is InChI=1S/C16H22N2O3/c1-21-16(20)13-3-2-4-14(9-13)18-15(19)12-7-5-11(10-17)6-8-12/h2-4,9,11-12H,5-8,10,17H2,1H3,(H,18,19). The minimum Gasteiger partial charge on any atom is -0.465 e. The molecule has 0 bridgehead atoms. The number of nitrogens with two attached hydrogens (primary N) is 1. The second-order valence-electron chi connectivity index (χ2n) is 5.51. The van der Waals surface area contributed by atoms with Gasteiger partial charge >= 0.3 is 5.97 Å². The molecule has 5 nitrogen and oxygen atoms in total. The second-order valence-corrected chi connectivity index (χ2v) is 5.51. The van der Waals surface area contributed by atoms with Crippen LogP contribution in [0.3, 0.4) is 0 Å². The fourth-order valence-corrected chi connectivity index (χ4v) is 2.75. The number of nitrogens with one attached hydrogen (secondary N) is 1. The number of carbonyl (C=O) groups excluding carboxylic acids is 2. The van der Waals surface area contributed by atoms with Crippen molar-refractivity contribution in [1.29, 1.82) is 0 Å². The molecule has 1 aromatic rings. The van der Waals surface area contributed by atoms with Gasteiger partial charge in [0, 0.05) is 11.6 Å². The Bertz CT molecular complexity index is 508. The van der Waals surface area contributed by atoms with Crippen LogP contribution in [0.4, 0.5) is 5.69 Å². The van der Waals surface area contributed by atoms with Crippen LogP contribution in [-0.4, -0.2) is 25.5 Å². The van der Waals surface area contributed by atoms with Crippen LogP contribution in [0, 0.1) is 11.8 Å². The first kappa shape index (κ1) is 15.5. The SMILES string of the molecule is COC(=O)c1cccc(NC(=O)C2CCC(CN)CC2)c1. The lowest BCUT2D eigenvalue weighted by Gasteiger charge is -2.26. The average Bonchev–Trinajstić information content (AvgIpc) is 2.54. The maximum Gasteiger partial charge on any atom is 0.337 e. The molecule has 0 atom stereocenters. The van der Waals surface area contributed by atoms with Crippen LogP contribution in [0.25, 0.3) is 0 Å². The number of esters is 1. The molecule has 3 N–H and O–H groups in total. The molecule has 0 unspecified atom stereocenters. The van der Waals surface area contributed by atoms with Crippen molar-refractivity contribution < 1.29 is 14.3 Å². The van der Waals surface area contributed by atoms with Crippen molar-refractivity contribution in [2.75, 3.05) is 19.0 Å². The van der Waals surface area contributed by atoms with Gasteiger partial charge in [0.2, 0.25) is 5.91 Å². The van der Waals surface area contributed by atoms with E-state index in [1.54, 1.807) is 24.3 Å². The first-order chi connectivity index (χ1) is 10.1. The lowest BCUT2D eigenvalue weighted by Crippen LogP contribution is -2.29. The van der Waals surface area contributed by atoms with Crippen LogP contribution in [0.2, 0.25) is 0 Å². The third-order valence-corrected chi connectivity index (χ3v) is 4.10. The van der Waals surface area contributed by atoms with Gasteiger partial charge in [-0.15, -0.1) is 0 Å². The molecule has 1 aliphatic carbocycles. The lowest BCUT2D eigenvalue weighted by molar-refractivity contribution is -0.121. The van der Waals surface area contributed by atoms with Crippen LogP contribution in [-0.2, 0) is 9.53 Å². The summed E-state index contributed by atoms with van der Waals surface area (Å²) < 4.78 is 4.67. The summed E-state index contributed by atoms with van der Waals surface area (Å²) in [5.74, 6) is 0.202. The van der Waals surface area contributed by atoms with Crippen LogP contribution in [0.1, 0.15) is 36.0 Å². The lowest BCUT2D eigenvalue weighted by atomic mass is 9.81. The van der Waals surface area contributed by atoms with Crippen molar-refractivity contribution in [3.05, 3.63) is 29.8 Å². The summed E-state index contributed by atoms with van der Waals surface area (Å²) in [7, 11) is 1.34. The number of hydrogen-bond donors (Lipinski definition) is 2. The van der Waals surface area contributed by atoms with Crippen molar-refractivity contribution in [3.63, 3.8) is 0 Å². The van der Waals surface area contributed by atoms with Gasteiger partial charge in [-0.25, -0.2) is 4.79 Å². The summed E-state index contributed by atoms with van der Waals surface area (Å²) in [6.07, 6.45) is 3.78. The maximum absolute atomic E-state index is 12.3. The molecular formula is C16H22N2O3. The molecule has 1 saturated carbocycles. The molecule has 0 radical (unpaired) electrons. The highest BCUT2D eigenvalue weighted by Gasteiger charge is 2.25. The molecule has 114 valence electrons. The molecule has 0 saturated heterocycles. The van der Waals surface area contributed by atoms with Gasteiger partial charge in [-0.2, -0.15) is 0 Å². The van der Waals surface area contributed by atoms with Gasteiger partial charge in [-0.05, 0) is 56.3 Å². The van der Waals surface area contributed by atoms with Crippen molar-refractivity contribution in [3.8, 4) is 0 Å². The van der Waals surface area contributed by atoms with E-state index in [9.17, 15) is 9.59 Å². The molecule has 0 aliphatic heterocycles. The average molecular weight is 290 g/mol. The third kappa shape index (κ3) is 4.04. The Morgan fingerprint density at radius 3 is 2.62 bits per heavy atom. The fraction of sp³-hybridized carbons (Fsp3) is 0.500. The predicted octanol–water partition coefficient (Wildman–Crippen LogP) is 2.18. The number of amides is 1. The van der Waals surface area contributed by atoms with E-state index >= 15 is 0 Å². The minimum atomic E-state index is -0.408. The second kappa shape index (κ2) is 7.22. The zero-order valence-corrected chi connectivity index (χ0v) is 12.3. The van der Waals surface area contributed by atoms with E-state index in [0.717, 1.165) is 25.7 Å². The highest BCUT2D eigenvalue weighted by molar-refractivity contribution is 5.95. The van der Waals surface area contributed by atoms with E-state index < -0.39 is 5.97 Å². The quantitative estimate of drug-likeness (QED) is 0.833. The number of hydrogen-bond acceptors (Lipinski definition) is 4. The summed E-state index contributed by atoms with van der Waals surface area (Å²) in [6, 6.07) is 6.80. The summed E-state index contributed by atoms with van der Waals surface area (Å²) in [5, 5.41) is 2.89. The first-order valence-electron chi connectivity index (χ1n) is 7.33. The van der Waals surface area contributed by atoms with Crippen LogP contribution < -0.4 is 11.1 Å². The number of ether oxygens (including phenoxy) is 1. The number of carbonyl (C=O) groups is 2. The predicted molar refractivity (Wildman–Crippen MR) is 80.9 cm³/mol. The van der Waals surface area contributed by atoms with E-state index in [1.807, 2.05) is 0 Å². The summed E-state index contributed by atoms with van der Waals surface area (Å²) in [6.45, 7) is 0.704. The van der Waals surface area contributed by atoms with Gasteiger partial charge in [0.05, 0.1) is 12.7 Å². The van der Waals surface area contributed by atoms with Gasteiger partial charge in [0.1, 0.15) is 0 Å². The van der Waals surface area contributed by atoms with Crippen molar-refractivity contribution >= 4 is 17.6 Å². The topological polar surface area (TPSA) is 81.4 Å². The van der Waals surface area contributed by atoms with E-state index in [4.69, 9.17) is 5.73 Å². The van der Waals surface area contributed by atoms with E-state index in [0.29, 0.717) is 23.7 Å². The molecule has 1 aliphatic rings. The van der Waals surface area contributed by atoms with Gasteiger partial charge < -0.3 is 15.8 Å². The molecule has 5 heteroatoms. The van der Waals surface area contributed by atoms with Gasteiger partial charge in [-0.1, -0.05) is 6.07 Å². The highest BCUT2D eigenvalue weighted by atomic mass is 16.5. The van der Waals surface area contributed by atoms with Crippen molar-refractivity contribution in [2.24, 2.45) is 17.6 Å². The van der Waals surface area contributed by atoms with Crippen molar-refractivity contribution in [2.45, 2.75) is 25.7 Å². The van der Waals surface area contributed by atoms with Gasteiger partial charge in [-0.3, -0.25) is 4.79 Å². The number of anilines is 1. The molecule has 0 aromatic heterocycles. The summed E-state index contributed by atoms with van der Waals surface area (Å²) in [5.41, 5.74) is 6.72. The molecule has 1 amide bonds. The number of methoxy groups -OCH3 is 1. The molecule has 21 heavy (non-hydrogen) atoms. The molecule has 1 aromatic carbocycles. The summed E-state index contributed by atoms with van der Waals surface area (Å²) >= 11 is 0. The van der Waals surface area contributed by atoms with E-state index in [1.165, 1.54) is 7.11 Å². The fourth-order valence-electron chi connectivity index (χ4n) is 2.75. The minimum absolute atomic E-state index is 0.0208. The Kier molecular flexibility index (Phi) is 5.33. The van der Waals surface area contributed by atoms with Crippen LogP contribution in [0.5, 0.6) is 0 Å². The highest BCUT2D eigenvalue weighted by Crippen LogP contribution is 2.29. The van der Waals surface area contributed by atoms with E-state index in [-0.39, 0.29) is 11.8 Å². The van der Waals surface area contributed by atoms with Crippen LogP contribution >= 0.6 is 0 Å². The Balaban J connectivity index is 1.95. The molecule has 2 rings (SSSR count). The summed E-state index contributed by atoms with van der Waals surface area (Å²) in [4.78, 5) is 23.7. The van der Waals surface area contributed by atoms with Gasteiger partial charge in [0.15, 0.2) is 0 Å². The molecule has 0 heterocycles. The Hall–Kier alpha value is -1.88. The maximum atomic E-state index is 12.3. The third-order valence-electron chi connectivity index (χ3n) is 4.10. The Labute approximate surface area is 124 Å². The van der Waals surface area contributed by atoms with Crippen LogP contribution in [0.15, 0.2) is 24.3 Å². The largest absolute Gasteiger partial charge is 0.465 e. The molecule has 0 spiro atoms. The Morgan fingerprint density at radius 1 is 1.29 bits per heavy atom. The Morgan fingerprint density at radius 2 is 2.00 bits per heavy atom. The monoisotopic (exact) mass is 290 g/mol. The molecule has 1 fully saturated rings.